The van der Waals surface area contributed by atoms with Crippen molar-refractivity contribution >= 4 is 0 Å². The van der Waals surface area contributed by atoms with Crippen LogP contribution in [0.25, 0.3) is 0 Å². The number of benzene rings is 2. The first-order chi connectivity index (χ1) is 9.67. The van der Waals surface area contributed by atoms with Gasteiger partial charge in [0.2, 0.25) is 0 Å². The highest BCUT2D eigenvalue weighted by Gasteiger charge is 2.01. The van der Waals surface area contributed by atoms with Gasteiger partial charge in [0.05, 0.1) is 11.6 Å². The Balaban J connectivity index is 1.83. The molecule has 1 N–H and O–H groups in total. The highest BCUT2D eigenvalue weighted by atomic mass is 19.1. The normalized spacial score (nSPS) is 10.2. The minimum Gasteiger partial charge on any atom is -0.312 e. The summed E-state index contributed by atoms with van der Waals surface area (Å²) in [5.74, 6) is -1.11. The van der Waals surface area contributed by atoms with E-state index in [1.807, 2.05) is 18.2 Å². The molecule has 0 aromatic heterocycles. The van der Waals surface area contributed by atoms with Gasteiger partial charge in [-0.25, -0.2) is 8.78 Å². The first-order valence-electron chi connectivity index (χ1n) is 6.32. The highest BCUT2D eigenvalue weighted by Crippen LogP contribution is 2.08. The Hall–Kier alpha value is -2.25. The highest BCUT2D eigenvalue weighted by molar-refractivity contribution is 5.32. The van der Waals surface area contributed by atoms with Crippen LogP contribution in [0, 0.1) is 23.0 Å². The van der Waals surface area contributed by atoms with Crippen molar-refractivity contribution in [2.75, 3.05) is 6.54 Å². The standard InChI is InChI=1S/C16H14F2N2/c17-15-7-12(8-16(18)9-15)4-5-20-11-14-3-1-2-13(6-14)10-19/h1-3,6-9,20H,4-5,11H2. The van der Waals surface area contributed by atoms with Crippen molar-refractivity contribution in [3.05, 3.63) is 70.8 Å². The molecule has 0 fully saturated rings. The lowest BCUT2D eigenvalue weighted by molar-refractivity contribution is 0.577. The van der Waals surface area contributed by atoms with Gasteiger partial charge in [0, 0.05) is 12.6 Å². The number of nitrogens with one attached hydrogen (secondary N) is 1. The zero-order valence-corrected chi connectivity index (χ0v) is 10.9. The maximum Gasteiger partial charge on any atom is 0.126 e. The summed E-state index contributed by atoms with van der Waals surface area (Å²) in [6.45, 7) is 1.23. The molecule has 20 heavy (non-hydrogen) atoms. The Kier molecular flexibility index (Phi) is 4.80. The van der Waals surface area contributed by atoms with Crippen LogP contribution in [-0.4, -0.2) is 6.54 Å². The van der Waals surface area contributed by atoms with Crippen molar-refractivity contribution in [3.8, 4) is 6.07 Å². The van der Waals surface area contributed by atoms with Crippen molar-refractivity contribution in [3.63, 3.8) is 0 Å². The molecule has 0 bridgehead atoms. The van der Waals surface area contributed by atoms with E-state index < -0.39 is 11.6 Å². The molecular formula is C16H14F2N2. The molecule has 0 amide bonds. The van der Waals surface area contributed by atoms with Gasteiger partial charge >= 0.3 is 0 Å². The number of nitrogens with zero attached hydrogens (tertiary/aromatic N) is 1. The molecule has 0 aliphatic rings. The predicted molar refractivity (Wildman–Crippen MR) is 72.9 cm³/mol. The van der Waals surface area contributed by atoms with Gasteiger partial charge in [-0.1, -0.05) is 12.1 Å². The van der Waals surface area contributed by atoms with Gasteiger partial charge in [-0.15, -0.1) is 0 Å². The van der Waals surface area contributed by atoms with Crippen LogP contribution in [0.5, 0.6) is 0 Å². The number of hydrogen-bond donors (Lipinski definition) is 1. The molecule has 2 nitrogen and oxygen atoms in total. The Morgan fingerprint density at radius 3 is 2.45 bits per heavy atom. The van der Waals surface area contributed by atoms with Crippen LogP contribution < -0.4 is 5.32 Å². The molecule has 0 atom stereocenters. The van der Waals surface area contributed by atoms with Crippen LogP contribution in [0.2, 0.25) is 0 Å². The van der Waals surface area contributed by atoms with Crippen molar-refractivity contribution in [2.45, 2.75) is 13.0 Å². The van der Waals surface area contributed by atoms with Crippen LogP contribution in [0.4, 0.5) is 8.78 Å². The molecule has 2 rings (SSSR count). The third-order valence-electron chi connectivity index (χ3n) is 2.90. The Bertz CT molecular complexity index is 612. The zero-order valence-electron chi connectivity index (χ0n) is 10.9. The van der Waals surface area contributed by atoms with E-state index in [9.17, 15) is 8.78 Å². The van der Waals surface area contributed by atoms with E-state index in [-0.39, 0.29) is 0 Å². The summed E-state index contributed by atoms with van der Waals surface area (Å²) in [5.41, 5.74) is 2.26. The van der Waals surface area contributed by atoms with E-state index in [4.69, 9.17) is 5.26 Å². The number of rotatable bonds is 5. The topological polar surface area (TPSA) is 35.8 Å². The Labute approximate surface area is 116 Å². The third-order valence-corrected chi connectivity index (χ3v) is 2.90. The maximum atomic E-state index is 13.0. The Morgan fingerprint density at radius 1 is 1.00 bits per heavy atom. The lowest BCUT2D eigenvalue weighted by atomic mass is 10.1. The second kappa shape index (κ2) is 6.78. The average Bonchev–Trinajstić information content (AvgIpc) is 2.43. The number of halogens is 2. The summed E-state index contributed by atoms with van der Waals surface area (Å²) in [5, 5.41) is 12.0. The van der Waals surface area contributed by atoms with Gasteiger partial charge in [0.15, 0.2) is 0 Å². The van der Waals surface area contributed by atoms with E-state index in [2.05, 4.69) is 11.4 Å². The number of hydrogen-bond acceptors (Lipinski definition) is 2. The molecule has 0 spiro atoms. The van der Waals surface area contributed by atoms with E-state index in [0.29, 0.717) is 30.6 Å². The maximum absolute atomic E-state index is 13.0. The fraction of sp³-hybridized carbons (Fsp3) is 0.188. The molecule has 102 valence electrons. The summed E-state index contributed by atoms with van der Waals surface area (Å²) in [4.78, 5) is 0. The molecule has 0 saturated carbocycles. The molecule has 4 heteroatoms. The van der Waals surface area contributed by atoms with E-state index >= 15 is 0 Å². The van der Waals surface area contributed by atoms with Gasteiger partial charge in [-0.05, 0) is 48.4 Å². The lowest BCUT2D eigenvalue weighted by Crippen LogP contribution is -2.16. The van der Waals surface area contributed by atoms with Gasteiger partial charge in [0.25, 0.3) is 0 Å². The van der Waals surface area contributed by atoms with E-state index in [1.54, 1.807) is 6.07 Å². The van der Waals surface area contributed by atoms with Crippen LogP contribution in [0.3, 0.4) is 0 Å². The second-order valence-corrected chi connectivity index (χ2v) is 4.52. The van der Waals surface area contributed by atoms with Crippen molar-refractivity contribution in [2.24, 2.45) is 0 Å². The molecule has 0 heterocycles. The molecule has 0 unspecified atom stereocenters. The summed E-state index contributed by atoms with van der Waals surface area (Å²) in [6.07, 6.45) is 0.548. The largest absolute Gasteiger partial charge is 0.312 e. The summed E-state index contributed by atoms with van der Waals surface area (Å²) in [7, 11) is 0. The Morgan fingerprint density at radius 2 is 1.75 bits per heavy atom. The summed E-state index contributed by atoms with van der Waals surface area (Å²) < 4.78 is 26.0. The first-order valence-corrected chi connectivity index (χ1v) is 6.32. The molecular weight excluding hydrogens is 258 g/mol. The minimum atomic E-state index is -0.554. The molecule has 2 aromatic carbocycles. The zero-order chi connectivity index (χ0) is 14.4. The lowest BCUT2D eigenvalue weighted by Gasteiger charge is -2.06. The molecule has 2 aromatic rings. The van der Waals surface area contributed by atoms with Gasteiger partial charge in [0.1, 0.15) is 11.6 Å². The summed E-state index contributed by atoms with van der Waals surface area (Å²) >= 11 is 0. The first kappa shape index (κ1) is 14.2. The van der Waals surface area contributed by atoms with Crippen molar-refractivity contribution in [1.29, 1.82) is 5.26 Å². The SMILES string of the molecule is N#Cc1cccc(CNCCc2cc(F)cc(F)c2)c1. The van der Waals surface area contributed by atoms with Crippen LogP contribution >= 0.6 is 0 Å². The molecule has 0 aliphatic carbocycles. The van der Waals surface area contributed by atoms with Gasteiger partial charge in [-0.3, -0.25) is 0 Å². The molecule has 0 aliphatic heterocycles. The quantitative estimate of drug-likeness (QED) is 0.849. The predicted octanol–water partition coefficient (Wildman–Crippen LogP) is 3.17. The third kappa shape index (κ3) is 4.15. The number of nitriles is 1. The monoisotopic (exact) mass is 272 g/mol. The minimum absolute atomic E-state index is 0.548. The van der Waals surface area contributed by atoms with Crippen molar-refractivity contribution in [1.82, 2.24) is 5.32 Å². The van der Waals surface area contributed by atoms with Crippen LogP contribution in [0.15, 0.2) is 42.5 Å². The van der Waals surface area contributed by atoms with E-state index in [1.165, 1.54) is 12.1 Å². The smallest absolute Gasteiger partial charge is 0.126 e. The van der Waals surface area contributed by atoms with Crippen LogP contribution in [-0.2, 0) is 13.0 Å². The van der Waals surface area contributed by atoms with Gasteiger partial charge in [-0.2, -0.15) is 5.26 Å². The van der Waals surface area contributed by atoms with Gasteiger partial charge < -0.3 is 5.32 Å². The van der Waals surface area contributed by atoms with Crippen molar-refractivity contribution < 1.29 is 8.78 Å². The average molecular weight is 272 g/mol. The molecule has 0 radical (unpaired) electrons. The fourth-order valence-corrected chi connectivity index (χ4v) is 1.97. The van der Waals surface area contributed by atoms with E-state index in [0.717, 1.165) is 11.6 Å². The summed E-state index contributed by atoms with van der Waals surface area (Å²) in [6, 6.07) is 12.9. The fourth-order valence-electron chi connectivity index (χ4n) is 1.97. The molecule has 0 saturated heterocycles. The van der Waals surface area contributed by atoms with Crippen LogP contribution in [0.1, 0.15) is 16.7 Å². The second-order valence-electron chi connectivity index (χ2n) is 4.52.